The molecule has 5 heteroatoms. The standard InChI is InChI=1S/C16H17N3O2/c20-13-6-3-9-19(13)15-11-4-1-2-5-12(11)18-14(15)16(21)17-10-7-8-10/h1-2,4-5,10,18H,3,6-9H2,(H,17,21). The fourth-order valence-corrected chi connectivity index (χ4v) is 2.94. The summed E-state index contributed by atoms with van der Waals surface area (Å²) in [5, 5.41) is 3.94. The molecular formula is C16H17N3O2. The summed E-state index contributed by atoms with van der Waals surface area (Å²) in [6, 6.07) is 8.05. The minimum absolute atomic E-state index is 0.0974. The number of carbonyl (C=O) groups is 2. The molecule has 1 aliphatic carbocycles. The van der Waals surface area contributed by atoms with E-state index in [1.54, 1.807) is 4.90 Å². The van der Waals surface area contributed by atoms with Crippen molar-refractivity contribution < 1.29 is 9.59 Å². The summed E-state index contributed by atoms with van der Waals surface area (Å²) in [6.45, 7) is 0.685. The molecule has 1 aromatic carbocycles. The van der Waals surface area contributed by atoms with Crippen molar-refractivity contribution in [2.45, 2.75) is 31.7 Å². The van der Waals surface area contributed by atoms with Crippen LogP contribution in [0.1, 0.15) is 36.2 Å². The molecule has 1 aromatic heterocycles. The van der Waals surface area contributed by atoms with E-state index in [1.807, 2.05) is 24.3 Å². The van der Waals surface area contributed by atoms with Gasteiger partial charge in [-0.2, -0.15) is 0 Å². The normalized spacial score (nSPS) is 18.5. The van der Waals surface area contributed by atoms with Gasteiger partial charge in [0.05, 0.1) is 5.69 Å². The van der Waals surface area contributed by atoms with Crippen molar-refractivity contribution in [3.8, 4) is 0 Å². The summed E-state index contributed by atoms with van der Waals surface area (Å²) < 4.78 is 0. The van der Waals surface area contributed by atoms with Crippen molar-refractivity contribution in [1.82, 2.24) is 10.3 Å². The van der Waals surface area contributed by atoms with Crippen LogP contribution in [0.15, 0.2) is 24.3 Å². The van der Waals surface area contributed by atoms with E-state index < -0.39 is 0 Å². The molecule has 0 spiro atoms. The van der Waals surface area contributed by atoms with Crippen molar-refractivity contribution in [3.63, 3.8) is 0 Å². The maximum Gasteiger partial charge on any atom is 0.270 e. The third-order valence-electron chi connectivity index (χ3n) is 4.16. The molecule has 2 amide bonds. The summed E-state index contributed by atoms with van der Waals surface area (Å²) in [5.41, 5.74) is 2.15. The van der Waals surface area contributed by atoms with Gasteiger partial charge in [-0.15, -0.1) is 0 Å². The number of aromatic amines is 1. The van der Waals surface area contributed by atoms with Crippen LogP contribution in [-0.4, -0.2) is 29.4 Å². The zero-order chi connectivity index (χ0) is 14.4. The van der Waals surface area contributed by atoms with E-state index in [0.717, 1.165) is 35.9 Å². The zero-order valence-electron chi connectivity index (χ0n) is 11.7. The van der Waals surface area contributed by atoms with Crippen LogP contribution in [0.4, 0.5) is 5.69 Å². The van der Waals surface area contributed by atoms with Gasteiger partial charge in [-0.05, 0) is 25.3 Å². The first-order valence-electron chi connectivity index (χ1n) is 7.46. The van der Waals surface area contributed by atoms with E-state index in [2.05, 4.69) is 10.3 Å². The number of aromatic nitrogens is 1. The Balaban J connectivity index is 1.83. The molecule has 2 aliphatic rings. The molecule has 1 aliphatic heterocycles. The van der Waals surface area contributed by atoms with Crippen LogP contribution < -0.4 is 10.2 Å². The van der Waals surface area contributed by atoms with Gasteiger partial charge >= 0.3 is 0 Å². The van der Waals surface area contributed by atoms with E-state index in [-0.39, 0.29) is 11.8 Å². The topological polar surface area (TPSA) is 65.2 Å². The van der Waals surface area contributed by atoms with Crippen LogP contribution in [-0.2, 0) is 4.79 Å². The molecule has 0 radical (unpaired) electrons. The van der Waals surface area contributed by atoms with Crippen LogP contribution in [0.3, 0.4) is 0 Å². The van der Waals surface area contributed by atoms with Gasteiger partial charge in [0, 0.05) is 29.9 Å². The Bertz CT molecular complexity index is 730. The maximum atomic E-state index is 12.5. The lowest BCUT2D eigenvalue weighted by Crippen LogP contribution is -2.30. The predicted molar refractivity (Wildman–Crippen MR) is 80.4 cm³/mol. The molecule has 2 heterocycles. The lowest BCUT2D eigenvalue weighted by molar-refractivity contribution is -0.117. The summed E-state index contributed by atoms with van der Waals surface area (Å²) in [5.74, 6) is -0.0105. The highest BCUT2D eigenvalue weighted by Crippen LogP contribution is 2.34. The lowest BCUT2D eigenvalue weighted by Gasteiger charge is -2.17. The Kier molecular flexibility index (Phi) is 2.74. The molecule has 2 aromatic rings. The van der Waals surface area contributed by atoms with Crippen LogP contribution in [0.25, 0.3) is 10.9 Å². The molecule has 2 N–H and O–H groups in total. The summed E-state index contributed by atoms with van der Waals surface area (Å²) in [4.78, 5) is 29.5. The molecule has 5 nitrogen and oxygen atoms in total. The Morgan fingerprint density at radius 2 is 2.10 bits per heavy atom. The molecule has 1 saturated heterocycles. The van der Waals surface area contributed by atoms with Crippen molar-refractivity contribution in [2.24, 2.45) is 0 Å². The Labute approximate surface area is 122 Å². The van der Waals surface area contributed by atoms with Crippen molar-refractivity contribution >= 4 is 28.4 Å². The number of benzene rings is 1. The van der Waals surface area contributed by atoms with Gasteiger partial charge in [0.1, 0.15) is 5.69 Å². The van der Waals surface area contributed by atoms with Crippen LogP contribution in [0, 0.1) is 0 Å². The first-order valence-corrected chi connectivity index (χ1v) is 7.46. The number of nitrogens with one attached hydrogen (secondary N) is 2. The number of nitrogens with zero attached hydrogens (tertiary/aromatic N) is 1. The Morgan fingerprint density at radius 1 is 1.29 bits per heavy atom. The monoisotopic (exact) mass is 283 g/mol. The molecule has 0 atom stereocenters. The number of anilines is 1. The molecule has 1 saturated carbocycles. The van der Waals surface area contributed by atoms with Crippen molar-refractivity contribution in [3.05, 3.63) is 30.0 Å². The number of rotatable bonds is 3. The second kappa shape index (κ2) is 4.62. The first-order chi connectivity index (χ1) is 10.2. The fraction of sp³-hybridized carbons (Fsp3) is 0.375. The lowest BCUT2D eigenvalue weighted by atomic mass is 10.2. The SMILES string of the molecule is O=C(NC1CC1)c1[nH]c2ccccc2c1N1CCCC1=O. The number of hydrogen-bond acceptors (Lipinski definition) is 2. The number of H-pyrrole nitrogens is 1. The summed E-state index contributed by atoms with van der Waals surface area (Å²) >= 11 is 0. The van der Waals surface area contributed by atoms with Gasteiger partial charge < -0.3 is 15.2 Å². The summed E-state index contributed by atoms with van der Waals surface area (Å²) in [6.07, 6.45) is 3.50. The van der Waals surface area contributed by atoms with Gasteiger partial charge in [0.2, 0.25) is 5.91 Å². The van der Waals surface area contributed by atoms with Gasteiger partial charge in [-0.1, -0.05) is 18.2 Å². The smallest absolute Gasteiger partial charge is 0.270 e. The van der Waals surface area contributed by atoms with E-state index >= 15 is 0 Å². The van der Waals surface area contributed by atoms with E-state index in [0.29, 0.717) is 24.7 Å². The Hall–Kier alpha value is -2.30. The van der Waals surface area contributed by atoms with Crippen LogP contribution >= 0.6 is 0 Å². The van der Waals surface area contributed by atoms with E-state index in [4.69, 9.17) is 0 Å². The van der Waals surface area contributed by atoms with Crippen LogP contribution in [0.2, 0.25) is 0 Å². The second-order valence-electron chi connectivity index (χ2n) is 5.79. The quantitative estimate of drug-likeness (QED) is 0.907. The molecule has 0 unspecified atom stereocenters. The predicted octanol–water partition coefficient (Wildman–Crippen LogP) is 2.19. The fourth-order valence-electron chi connectivity index (χ4n) is 2.94. The third-order valence-corrected chi connectivity index (χ3v) is 4.16. The summed E-state index contributed by atoms with van der Waals surface area (Å²) in [7, 11) is 0. The van der Waals surface area contributed by atoms with Crippen LogP contribution in [0.5, 0.6) is 0 Å². The first kappa shape index (κ1) is 12.4. The van der Waals surface area contributed by atoms with Gasteiger partial charge in [0.25, 0.3) is 5.91 Å². The highest BCUT2D eigenvalue weighted by atomic mass is 16.2. The van der Waals surface area contributed by atoms with Gasteiger partial charge in [0.15, 0.2) is 0 Å². The van der Waals surface area contributed by atoms with Gasteiger partial charge in [-0.3, -0.25) is 9.59 Å². The second-order valence-corrected chi connectivity index (χ2v) is 5.79. The minimum Gasteiger partial charge on any atom is -0.349 e. The van der Waals surface area contributed by atoms with Gasteiger partial charge in [-0.25, -0.2) is 0 Å². The number of amides is 2. The molecule has 0 bridgehead atoms. The van der Waals surface area contributed by atoms with Crippen molar-refractivity contribution in [1.29, 1.82) is 0 Å². The highest BCUT2D eigenvalue weighted by Gasteiger charge is 2.31. The minimum atomic E-state index is -0.108. The largest absolute Gasteiger partial charge is 0.349 e. The number of carbonyl (C=O) groups excluding carboxylic acids is 2. The average molecular weight is 283 g/mol. The molecule has 2 fully saturated rings. The number of para-hydroxylation sites is 1. The van der Waals surface area contributed by atoms with E-state index in [1.165, 1.54) is 0 Å². The highest BCUT2D eigenvalue weighted by molar-refractivity contribution is 6.13. The molecule has 108 valence electrons. The molecular weight excluding hydrogens is 266 g/mol. The average Bonchev–Trinajstić information content (AvgIpc) is 3.06. The zero-order valence-corrected chi connectivity index (χ0v) is 11.7. The molecule has 21 heavy (non-hydrogen) atoms. The Morgan fingerprint density at radius 3 is 2.81 bits per heavy atom. The van der Waals surface area contributed by atoms with E-state index in [9.17, 15) is 9.59 Å². The number of fused-ring (bicyclic) bond motifs is 1. The van der Waals surface area contributed by atoms with Crippen molar-refractivity contribution in [2.75, 3.05) is 11.4 Å². The third kappa shape index (κ3) is 2.09. The molecule has 4 rings (SSSR count). The number of hydrogen-bond donors (Lipinski definition) is 2. The maximum absolute atomic E-state index is 12.5.